The van der Waals surface area contributed by atoms with Crippen LogP contribution in [0.2, 0.25) is 0 Å². The number of halogens is 1. The Hall–Kier alpha value is -1.56. The zero-order valence-electron chi connectivity index (χ0n) is 9.31. The summed E-state index contributed by atoms with van der Waals surface area (Å²) in [5.41, 5.74) is 7.16. The third kappa shape index (κ3) is 2.12. The lowest BCUT2D eigenvalue weighted by atomic mass is 10.2. The fourth-order valence-corrected chi connectivity index (χ4v) is 2.11. The van der Waals surface area contributed by atoms with E-state index in [1.54, 1.807) is 19.2 Å². The van der Waals surface area contributed by atoms with E-state index < -0.39 is 0 Å². The first-order valence-corrected chi connectivity index (χ1v) is 5.88. The van der Waals surface area contributed by atoms with Crippen molar-refractivity contribution in [2.75, 3.05) is 19.3 Å². The number of rotatable bonds is 2. The molecule has 0 aromatic heterocycles. The predicted octanol–water partition coefficient (Wildman–Crippen LogP) is 1.43. The Labute approximate surface area is 107 Å². The lowest BCUT2D eigenvalue weighted by Crippen LogP contribution is -2.31. The number of urea groups is 1. The average Bonchev–Trinajstić information content (AvgIpc) is 2.51. The molecule has 0 bridgehead atoms. The second-order valence-electron chi connectivity index (χ2n) is 3.94. The molecular formula is C11H12BrN3O2. The molecule has 5 nitrogen and oxygen atoms in total. The Bertz CT molecular complexity index is 490. The molecule has 1 aromatic carbocycles. The summed E-state index contributed by atoms with van der Waals surface area (Å²) < 4.78 is 0.732. The molecule has 0 saturated carbocycles. The van der Waals surface area contributed by atoms with Crippen LogP contribution in [0, 0.1) is 0 Å². The highest BCUT2D eigenvalue weighted by Gasteiger charge is 2.33. The van der Waals surface area contributed by atoms with Gasteiger partial charge in [0, 0.05) is 17.2 Å². The first-order valence-electron chi connectivity index (χ1n) is 5.09. The number of nitrogens with two attached hydrogens (primary N) is 1. The third-order valence-electron chi connectivity index (χ3n) is 2.67. The first-order chi connectivity index (χ1) is 8.00. The lowest BCUT2D eigenvalue weighted by molar-refractivity contribution is -0.125. The number of benzene rings is 1. The molecule has 0 radical (unpaired) electrons. The largest absolute Gasteiger partial charge is 0.398 e. The van der Waals surface area contributed by atoms with E-state index in [2.05, 4.69) is 15.9 Å². The molecule has 1 aliphatic heterocycles. The van der Waals surface area contributed by atoms with Crippen LogP contribution in [0.15, 0.2) is 22.7 Å². The van der Waals surface area contributed by atoms with E-state index in [4.69, 9.17) is 5.73 Å². The van der Waals surface area contributed by atoms with E-state index in [-0.39, 0.29) is 25.0 Å². The number of likely N-dealkylation sites (N-methyl/N-ethyl adjacent to an activating group) is 1. The molecule has 0 unspecified atom stereocenters. The van der Waals surface area contributed by atoms with Crippen LogP contribution in [0.4, 0.5) is 10.5 Å². The second-order valence-corrected chi connectivity index (χ2v) is 4.73. The third-order valence-corrected chi connectivity index (χ3v) is 3.64. The summed E-state index contributed by atoms with van der Waals surface area (Å²) >= 11 is 3.35. The van der Waals surface area contributed by atoms with E-state index in [1.807, 2.05) is 6.07 Å². The number of nitrogens with zero attached hydrogens (tertiary/aromatic N) is 2. The standard InChI is InChI=1S/C11H12BrN3O2/c1-14-6-9(16)15(11(14)17)5-7-3-2-4-8(13)10(7)12/h2-4H,5-6,13H2,1H3. The Morgan fingerprint density at radius 2 is 2.12 bits per heavy atom. The van der Waals surface area contributed by atoms with Crippen LogP contribution in [-0.4, -0.2) is 35.3 Å². The predicted molar refractivity (Wildman–Crippen MR) is 67.1 cm³/mol. The van der Waals surface area contributed by atoms with Gasteiger partial charge < -0.3 is 10.6 Å². The molecule has 2 rings (SSSR count). The topological polar surface area (TPSA) is 66.6 Å². The number of carbonyl (C=O) groups is 2. The van der Waals surface area contributed by atoms with Gasteiger partial charge in [-0.1, -0.05) is 12.1 Å². The fourth-order valence-electron chi connectivity index (χ4n) is 1.72. The number of nitrogen functional groups attached to an aromatic ring is 1. The van der Waals surface area contributed by atoms with Crippen molar-refractivity contribution in [3.05, 3.63) is 28.2 Å². The highest BCUT2D eigenvalue weighted by molar-refractivity contribution is 9.10. The van der Waals surface area contributed by atoms with E-state index in [0.717, 1.165) is 10.0 Å². The Morgan fingerprint density at radius 1 is 1.41 bits per heavy atom. The maximum Gasteiger partial charge on any atom is 0.327 e. The lowest BCUT2D eigenvalue weighted by Gasteiger charge is -2.15. The summed E-state index contributed by atoms with van der Waals surface area (Å²) in [5.74, 6) is -0.188. The van der Waals surface area contributed by atoms with Crippen LogP contribution in [0.5, 0.6) is 0 Å². The zero-order valence-corrected chi connectivity index (χ0v) is 10.9. The normalized spacial score (nSPS) is 15.9. The maximum absolute atomic E-state index is 11.7. The summed E-state index contributed by atoms with van der Waals surface area (Å²) in [7, 11) is 1.61. The first kappa shape index (κ1) is 11.9. The van der Waals surface area contributed by atoms with Crippen molar-refractivity contribution in [1.82, 2.24) is 9.80 Å². The molecule has 17 heavy (non-hydrogen) atoms. The molecule has 2 N–H and O–H groups in total. The molecule has 1 aromatic rings. The molecule has 0 aliphatic carbocycles. The molecule has 0 atom stereocenters. The van der Waals surface area contributed by atoms with Gasteiger partial charge in [0.15, 0.2) is 0 Å². The van der Waals surface area contributed by atoms with Crippen molar-refractivity contribution in [3.63, 3.8) is 0 Å². The maximum atomic E-state index is 11.7. The van der Waals surface area contributed by atoms with Gasteiger partial charge in [0.25, 0.3) is 5.91 Å². The average molecular weight is 298 g/mol. The number of carbonyl (C=O) groups excluding carboxylic acids is 2. The number of amides is 3. The van der Waals surface area contributed by atoms with Gasteiger partial charge in [0.1, 0.15) is 6.54 Å². The molecule has 3 amide bonds. The number of hydrogen-bond acceptors (Lipinski definition) is 3. The van der Waals surface area contributed by atoms with Gasteiger partial charge in [-0.05, 0) is 27.6 Å². The Morgan fingerprint density at radius 3 is 2.71 bits per heavy atom. The van der Waals surface area contributed by atoms with Crippen LogP contribution >= 0.6 is 15.9 Å². The molecule has 1 saturated heterocycles. The van der Waals surface area contributed by atoms with Gasteiger partial charge in [0.05, 0.1) is 6.54 Å². The van der Waals surface area contributed by atoms with E-state index in [0.29, 0.717) is 5.69 Å². The summed E-state index contributed by atoms with van der Waals surface area (Å²) in [6, 6.07) is 5.11. The van der Waals surface area contributed by atoms with Crippen molar-refractivity contribution in [1.29, 1.82) is 0 Å². The zero-order chi connectivity index (χ0) is 12.6. The molecule has 1 fully saturated rings. The summed E-state index contributed by atoms with van der Waals surface area (Å²) in [6.07, 6.45) is 0. The van der Waals surface area contributed by atoms with Crippen LogP contribution in [-0.2, 0) is 11.3 Å². The van der Waals surface area contributed by atoms with Crippen LogP contribution in [0.25, 0.3) is 0 Å². The number of anilines is 1. The quantitative estimate of drug-likeness (QED) is 0.663. The van der Waals surface area contributed by atoms with Gasteiger partial charge in [-0.3, -0.25) is 9.69 Å². The molecule has 90 valence electrons. The highest BCUT2D eigenvalue weighted by Crippen LogP contribution is 2.26. The van der Waals surface area contributed by atoms with Gasteiger partial charge >= 0.3 is 6.03 Å². The monoisotopic (exact) mass is 297 g/mol. The van der Waals surface area contributed by atoms with Gasteiger partial charge in [0.2, 0.25) is 0 Å². The molecule has 1 heterocycles. The van der Waals surface area contributed by atoms with Gasteiger partial charge in [-0.25, -0.2) is 4.79 Å². The minimum atomic E-state index is -0.274. The van der Waals surface area contributed by atoms with Crippen LogP contribution in [0.3, 0.4) is 0 Å². The molecule has 6 heteroatoms. The SMILES string of the molecule is CN1CC(=O)N(Cc2cccc(N)c2Br)C1=O. The van der Waals surface area contributed by atoms with Crippen molar-refractivity contribution in [2.24, 2.45) is 0 Å². The van der Waals surface area contributed by atoms with Crippen molar-refractivity contribution in [3.8, 4) is 0 Å². The fraction of sp³-hybridized carbons (Fsp3) is 0.273. The molecule has 1 aliphatic rings. The molecule has 0 spiro atoms. The number of hydrogen-bond donors (Lipinski definition) is 1. The minimum Gasteiger partial charge on any atom is -0.398 e. The van der Waals surface area contributed by atoms with E-state index >= 15 is 0 Å². The smallest absolute Gasteiger partial charge is 0.327 e. The van der Waals surface area contributed by atoms with E-state index in [1.165, 1.54) is 9.80 Å². The summed E-state index contributed by atoms with van der Waals surface area (Å²) in [5, 5.41) is 0. The van der Waals surface area contributed by atoms with Crippen molar-refractivity contribution < 1.29 is 9.59 Å². The van der Waals surface area contributed by atoms with Gasteiger partial charge in [-0.15, -0.1) is 0 Å². The van der Waals surface area contributed by atoms with Crippen LogP contribution < -0.4 is 5.73 Å². The Balaban J connectivity index is 2.24. The highest BCUT2D eigenvalue weighted by atomic mass is 79.9. The minimum absolute atomic E-state index is 0.138. The van der Waals surface area contributed by atoms with Crippen LogP contribution in [0.1, 0.15) is 5.56 Å². The summed E-state index contributed by atoms with van der Waals surface area (Å²) in [6.45, 7) is 0.381. The van der Waals surface area contributed by atoms with Crippen molar-refractivity contribution >= 4 is 33.6 Å². The van der Waals surface area contributed by atoms with E-state index in [9.17, 15) is 9.59 Å². The summed E-state index contributed by atoms with van der Waals surface area (Å²) in [4.78, 5) is 25.9. The molecular weight excluding hydrogens is 286 g/mol. The Kier molecular flexibility index (Phi) is 3.06. The van der Waals surface area contributed by atoms with Gasteiger partial charge in [-0.2, -0.15) is 0 Å². The van der Waals surface area contributed by atoms with Crippen molar-refractivity contribution in [2.45, 2.75) is 6.54 Å². The number of imide groups is 1. The second kappa shape index (κ2) is 4.37.